The number of nitrogens with one attached hydrogen (secondary N) is 1. The quantitative estimate of drug-likeness (QED) is 0.744. The molecule has 1 heterocycles. The van der Waals surface area contributed by atoms with Gasteiger partial charge in [-0.05, 0) is 32.7 Å². The number of hydrogen-bond donors (Lipinski definition) is 2. The molecule has 0 aromatic heterocycles. The molecular formula is C13H26N2O2. The second-order valence-corrected chi connectivity index (χ2v) is 5.38. The van der Waals surface area contributed by atoms with Crippen molar-refractivity contribution in [1.82, 2.24) is 10.2 Å². The first kappa shape index (κ1) is 14.5. The van der Waals surface area contributed by atoms with E-state index in [2.05, 4.69) is 17.1 Å². The van der Waals surface area contributed by atoms with Gasteiger partial charge < -0.3 is 15.3 Å². The molecule has 0 amide bonds. The van der Waals surface area contributed by atoms with Crippen LogP contribution in [0, 0.1) is 0 Å². The topological polar surface area (TPSA) is 52.6 Å². The Balaban J connectivity index is 2.37. The summed E-state index contributed by atoms with van der Waals surface area (Å²) in [5.41, 5.74) is 0. The van der Waals surface area contributed by atoms with Crippen molar-refractivity contribution in [2.75, 3.05) is 13.1 Å². The van der Waals surface area contributed by atoms with Crippen molar-refractivity contribution >= 4 is 5.97 Å². The Kier molecular flexibility index (Phi) is 5.92. The summed E-state index contributed by atoms with van der Waals surface area (Å²) in [5.74, 6) is -0.733. The number of nitrogens with zero attached hydrogens (tertiary/aromatic N) is 1. The third kappa shape index (κ3) is 5.04. The third-order valence-electron chi connectivity index (χ3n) is 3.48. The molecule has 1 aliphatic heterocycles. The Morgan fingerprint density at radius 3 is 2.71 bits per heavy atom. The maximum absolute atomic E-state index is 11.1. The fourth-order valence-electron chi connectivity index (χ4n) is 2.47. The molecule has 2 atom stereocenters. The average Bonchev–Trinajstić information content (AvgIpc) is 2.25. The molecule has 1 fully saturated rings. The summed E-state index contributed by atoms with van der Waals surface area (Å²) in [6, 6.07) is 0.413. The van der Waals surface area contributed by atoms with E-state index in [-0.39, 0.29) is 6.04 Å². The number of carbonyl (C=O) groups is 1. The van der Waals surface area contributed by atoms with Gasteiger partial charge in [0.25, 0.3) is 0 Å². The van der Waals surface area contributed by atoms with Crippen LogP contribution in [0.1, 0.15) is 46.5 Å². The third-order valence-corrected chi connectivity index (χ3v) is 3.48. The van der Waals surface area contributed by atoms with E-state index < -0.39 is 12.0 Å². The van der Waals surface area contributed by atoms with Crippen molar-refractivity contribution in [2.24, 2.45) is 0 Å². The number of carboxylic acids is 1. The largest absolute Gasteiger partial charge is 0.480 e. The van der Waals surface area contributed by atoms with Gasteiger partial charge in [-0.25, -0.2) is 0 Å². The summed E-state index contributed by atoms with van der Waals surface area (Å²) in [6.45, 7) is 8.22. The number of aliphatic carboxylic acids is 1. The summed E-state index contributed by atoms with van der Waals surface area (Å²) in [5, 5.41) is 12.2. The smallest absolute Gasteiger partial charge is 0.320 e. The molecule has 2 N–H and O–H groups in total. The van der Waals surface area contributed by atoms with E-state index in [0.29, 0.717) is 12.5 Å². The first-order valence-corrected chi connectivity index (χ1v) is 6.73. The van der Waals surface area contributed by atoms with E-state index in [1.165, 1.54) is 19.3 Å². The molecule has 0 saturated carbocycles. The van der Waals surface area contributed by atoms with Crippen LogP contribution < -0.4 is 5.32 Å². The average molecular weight is 242 g/mol. The summed E-state index contributed by atoms with van der Waals surface area (Å²) in [6.07, 6.45) is 4.50. The van der Waals surface area contributed by atoms with E-state index in [9.17, 15) is 4.79 Å². The lowest BCUT2D eigenvalue weighted by molar-refractivity contribution is -0.140. The van der Waals surface area contributed by atoms with Gasteiger partial charge in [-0.1, -0.05) is 20.3 Å². The van der Waals surface area contributed by atoms with Crippen molar-refractivity contribution < 1.29 is 9.90 Å². The Bertz CT molecular complexity index is 244. The Labute approximate surface area is 104 Å². The monoisotopic (exact) mass is 242 g/mol. The highest BCUT2D eigenvalue weighted by molar-refractivity contribution is 5.73. The van der Waals surface area contributed by atoms with Gasteiger partial charge in [-0.3, -0.25) is 4.79 Å². The zero-order valence-electron chi connectivity index (χ0n) is 11.3. The SMILES string of the molecule is CC(C)NC(CCN1CCCCC1C)C(=O)O. The molecule has 4 heteroatoms. The van der Waals surface area contributed by atoms with Crippen LogP contribution in [0.25, 0.3) is 0 Å². The minimum Gasteiger partial charge on any atom is -0.480 e. The predicted molar refractivity (Wildman–Crippen MR) is 69.2 cm³/mol. The highest BCUT2D eigenvalue weighted by Gasteiger charge is 2.22. The Morgan fingerprint density at radius 1 is 1.47 bits per heavy atom. The van der Waals surface area contributed by atoms with Crippen molar-refractivity contribution in [3.8, 4) is 0 Å². The van der Waals surface area contributed by atoms with Crippen LogP contribution in [-0.4, -0.2) is 47.2 Å². The zero-order chi connectivity index (χ0) is 12.8. The fraction of sp³-hybridized carbons (Fsp3) is 0.923. The van der Waals surface area contributed by atoms with Crippen LogP contribution >= 0.6 is 0 Å². The second-order valence-electron chi connectivity index (χ2n) is 5.38. The van der Waals surface area contributed by atoms with E-state index in [1.807, 2.05) is 13.8 Å². The van der Waals surface area contributed by atoms with Gasteiger partial charge in [0.05, 0.1) is 0 Å². The first-order chi connectivity index (χ1) is 8.00. The van der Waals surface area contributed by atoms with Crippen molar-refractivity contribution in [3.63, 3.8) is 0 Å². The van der Waals surface area contributed by atoms with Crippen LogP contribution in [0.4, 0.5) is 0 Å². The minimum atomic E-state index is -0.733. The zero-order valence-corrected chi connectivity index (χ0v) is 11.3. The summed E-state index contributed by atoms with van der Waals surface area (Å²) < 4.78 is 0. The number of piperidine rings is 1. The molecule has 2 unspecified atom stereocenters. The first-order valence-electron chi connectivity index (χ1n) is 6.73. The number of rotatable bonds is 6. The van der Waals surface area contributed by atoms with Crippen LogP contribution in [0.5, 0.6) is 0 Å². The van der Waals surface area contributed by atoms with Gasteiger partial charge in [0, 0.05) is 18.6 Å². The van der Waals surface area contributed by atoms with Crippen LogP contribution in [-0.2, 0) is 4.79 Å². The standard InChI is InChI=1S/C13H26N2O2/c1-10(2)14-12(13(16)17)7-9-15-8-5-4-6-11(15)3/h10-12,14H,4-9H2,1-3H3,(H,16,17). The normalized spacial score (nSPS) is 23.9. The Hall–Kier alpha value is -0.610. The van der Waals surface area contributed by atoms with E-state index in [0.717, 1.165) is 13.1 Å². The number of hydrogen-bond acceptors (Lipinski definition) is 3. The van der Waals surface area contributed by atoms with Gasteiger partial charge in [-0.15, -0.1) is 0 Å². The molecule has 0 radical (unpaired) electrons. The molecule has 0 spiro atoms. The minimum absolute atomic E-state index is 0.217. The molecular weight excluding hydrogens is 216 g/mol. The van der Waals surface area contributed by atoms with Crippen LogP contribution in [0.3, 0.4) is 0 Å². The van der Waals surface area contributed by atoms with Crippen molar-refractivity contribution in [2.45, 2.75) is 64.6 Å². The molecule has 1 aliphatic rings. The van der Waals surface area contributed by atoms with Crippen molar-refractivity contribution in [1.29, 1.82) is 0 Å². The van der Waals surface area contributed by atoms with Gasteiger partial charge in [-0.2, -0.15) is 0 Å². The lowest BCUT2D eigenvalue weighted by atomic mass is 10.0. The van der Waals surface area contributed by atoms with Gasteiger partial charge in [0.1, 0.15) is 6.04 Å². The summed E-state index contributed by atoms with van der Waals surface area (Å²) >= 11 is 0. The van der Waals surface area contributed by atoms with Gasteiger partial charge >= 0.3 is 5.97 Å². The van der Waals surface area contributed by atoms with Gasteiger partial charge in [0.2, 0.25) is 0 Å². The van der Waals surface area contributed by atoms with E-state index in [1.54, 1.807) is 0 Å². The molecule has 17 heavy (non-hydrogen) atoms. The summed E-state index contributed by atoms with van der Waals surface area (Å²) in [4.78, 5) is 13.5. The Morgan fingerprint density at radius 2 is 2.18 bits per heavy atom. The van der Waals surface area contributed by atoms with Gasteiger partial charge in [0.15, 0.2) is 0 Å². The fourth-order valence-corrected chi connectivity index (χ4v) is 2.47. The highest BCUT2D eigenvalue weighted by Crippen LogP contribution is 2.16. The van der Waals surface area contributed by atoms with Crippen molar-refractivity contribution in [3.05, 3.63) is 0 Å². The van der Waals surface area contributed by atoms with Crippen LogP contribution in [0.2, 0.25) is 0 Å². The summed E-state index contributed by atoms with van der Waals surface area (Å²) in [7, 11) is 0. The highest BCUT2D eigenvalue weighted by atomic mass is 16.4. The maximum atomic E-state index is 11.1. The molecule has 0 bridgehead atoms. The molecule has 100 valence electrons. The van der Waals surface area contributed by atoms with E-state index >= 15 is 0 Å². The molecule has 4 nitrogen and oxygen atoms in total. The molecule has 1 rings (SSSR count). The lowest BCUT2D eigenvalue weighted by Crippen LogP contribution is -2.45. The van der Waals surface area contributed by atoms with E-state index in [4.69, 9.17) is 5.11 Å². The number of carboxylic acid groups (broad SMARTS) is 1. The number of likely N-dealkylation sites (tertiary alicyclic amines) is 1. The molecule has 0 aromatic carbocycles. The molecule has 0 aromatic rings. The second kappa shape index (κ2) is 6.97. The predicted octanol–water partition coefficient (Wildman–Crippen LogP) is 1.70. The molecule has 1 saturated heterocycles. The maximum Gasteiger partial charge on any atom is 0.320 e. The van der Waals surface area contributed by atoms with Crippen LogP contribution in [0.15, 0.2) is 0 Å². The lowest BCUT2D eigenvalue weighted by Gasteiger charge is -2.34. The molecule has 0 aliphatic carbocycles.